The fourth-order valence-corrected chi connectivity index (χ4v) is 1.46. The number of carbonyl (C=O) groups is 1. The molecule has 0 unspecified atom stereocenters. The molecule has 0 aliphatic heterocycles. The van der Waals surface area contributed by atoms with Crippen molar-refractivity contribution in [2.75, 3.05) is 12.0 Å². The second-order valence-corrected chi connectivity index (χ2v) is 3.79. The Labute approximate surface area is 109 Å². The summed E-state index contributed by atoms with van der Waals surface area (Å²) in [6, 6.07) is 4.96. The van der Waals surface area contributed by atoms with Gasteiger partial charge in [-0.15, -0.1) is 0 Å². The maximum absolute atomic E-state index is 11.8. The van der Waals surface area contributed by atoms with Crippen LogP contribution >= 0.6 is 0 Å². The molecule has 0 aliphatic rings. The van der Waals surface area contributed by atoms with E-state index in [9.17, 15) is 4.79 Å². The first-order valence-corrected chi connectivity index (χ1v) is 5.70. The van der Waals surface area contributed by atoms with Crippen molar-refractivity contribution in [3.8, 4) is 0 Å². The number of nitrogens with two attached hydrogens (primary N) is 1. The van der Waals surface area contributed by atoms with Gasteiger partial charge in [-0.2, -0.15) is 4.98 Å². The lowest BCUT2D eigenvalue weighted by atomic mass is 10.3. The third kappa shape index (κ3) is 3.49. The average Bonchev–Trinajstić information content (AvgIpc) is 2.84. The second kappa shape index (κ2) is 5.91. The quantitative estimate of drug-likeness (QED) is 0.513. The summed E-state index contributed by atoms with van der Waals surface area (Å²) in [5.74, 6) is 6.44. The predicted octanol–water partition coefficient (Wildman–Crippen LogP) is 0.0311. The summed E-state index contributed by atoms with van der Waals surface area (Å²) in [7, 11) is 0. The Kier molecular flexibility index (Phi) is 4.04. The molecule has 0 saturated carbocycles. The highest BCUT2D eigenvalue weighted by molar-refractivity contribution is 5.92. The Bertz CT molecular complexity index is 568. The Morgan fingerprint density at radius 2 is 2.26 bits per heavy atom. The zero-order valence-corrected chi connectivity index (χ0v) is 10.4. The molecular formula is C11H14N6O2. The monoisotopic (exact) mass is 262 g/mol. The first-order chi connectivity index (χ1) is 9.19. The Morgan fingerprint density at radius 3 is 2.95 bits per heavy atom. The highest BCUT2D eigenvalue weighted by Gasteiger charge is 2.08. The van der Waals surface area contributed by atoms with E-state index in [-0.39, 0.29) is 11.6 Å². The number of hydrogen-bond acceptors (Lipinski definition) is 7. The van der Waals surface area contributed by atoms with Crippen molar-refractivity contribution in [2.24, 2.45) is 5.84 Å². The molecule has 2 aromatic heterocycles. The molecule has 0 aliphatic carbocycles. The third-order valence-corrected chi connectivity index (χ3v) is 2.32. The number of aromatic nitrogens is 3. The molecule has 0 atom stereocenters. The van der Waals surface area contributed by atoms with Gasteiger partial charge in [-0.05, 0) is 19.1 Å². The topological polar surface area (TPSA) is 119 Å². The molecule has 0 spiro atoms. The Balaban J connectivity index is 1.87. The predicted molar refractivity (Wildman–Crippen MR) is 67.1 cm³/mol. The highest BCUT2D eigenvalue weighted by Crippen LogP contribution is 2.03. The molecule has 0 fully saturated rings. The maximum Gasteiger partial charge on any atom is 0.269 e. The van der Waals surface area contributed by atoms with Crippen LogP contribution in [0.25, 0.3) is 0 Å². The summed E-state index contributed by atoms with van der Waals surface area (Å²) in [5, 5.41) is 6.37. The van der Waals surface area contributed by atoms with E-state index in [0.29, 0.717) is 30.5 Å². The summed E-state index contributed by atoms with van der Waals surface area (Å²) in [4.78, 5) is 19.9. The Morgan fingerprint density at radius 1 is 1.42 bits per heavy atom. The molecule has 8 heteroatoms. The maximum atomic E-state index is 11.8. The molecule has 2 rings (SSSR count). The molecule has 0 radical (unpaired) electrons. The lowest BCUT2D eigenvalue weighted by Gasteiger charge is -2.04. The smallest absolute Gasteiger partial charge is 0.269 e. The fraction of sp³-hybridized carbons (Fsp3) is 0.273. The van der Waals surface area contributed by atoms with Gasteiger partial charge in [-0.3, -0.25) is 4.79 Å². The van der Waals surface area contributed by atoms with E-state index in [1.54, 1.807) is 25.1 Å². The number of nitrogens with zero attached hydrogens (tertiary/aromatic N) is 3. The van der Waals surface area contributed by atoms with Crippen LogP contribution in [0.15, 0.2) is 22.7 Å². The van der Waals surface area contributed by atoms with Crippen molar-refractivity contribution in [1.29, 1.82) is 0 Å². The van der Waals surface area contributed by atoms with Crippen molar-refractivity contribution < 1.29 is 9.32 Å². The molecule has 100 valence electrons. The molecule has 8 nitrogen and oxygen atoms in total. The van der Waals surface area contributed by atoms with Crippen LogP contribution in [0.1, 0.15) is 22.2 Å². The number of anilines is 1. The fourth-order valence-electron chi connectivity index (χ4n) is 1.46. The normalized spacial score (nSPS) is 10.2. The number of aryl methyl sites for hydroxylation is 1. The number of carbonyl (C=O) groups excluding carboxylic acids is 1. The summed E-state index contributed by atoms with van der Waals surface area (Å²) in [5.41, 5.74) is 2.67. The average molecular weight is 262 g/mol. The number of nitrogens with one attached hydrogen (secondary N) is 2. The standard InChI is InChI=1S/C11H14N6O2/c1-7-14-10(19-17-7)5-6-13-11(18)8-3-2-4-9(15-8)16-12/h2-4H,5-6,12H2,1H3,(H,13,18)(H,15,16). The SMILES string of the molecule is Cc1noc(CCNC(=O)c2cccc(NN)n2)n1. The van der Waals surface area contributed by atoms with Crippen molar-refractivity contribution >= 4 is 11.7 Å². The first-order valence-electron chi connectivity index (χ1n) is 5.70. The largest absolute Gasteiger partial charge is 0.350 e. The van der Waals surface area contributed by atoms with Crippen molar-refractivity contribution in [2.45, 2.75) is 13.3 Å². The van der Waals surface area contributed by atoms with Crippen LogP contribution in [0.3, 0.4) is 0 Å². The summed E-state index contributed by atoms with van der Waals surface area (Å²) in [6.07, 6.45) is 0.474. The molecule has 0 bridgehead atoms. The second-order valence-electron chi connectivity index (χ2n) is 3.79. The third-order valence-electron chi connectivity index (χ3n) is 2.32. The minimum absolute atomic E-state index is 0.284. The van der Waals surface area contributed by atoms with Gasteiger partial charge < -0.3 is 15.3 Å². The van der Waals surface area contributed by atoms with Crippen LogP contribution in [0.2, 0.25) is 0 Å². The number of hydrazine groups is 1. The number of amides is 1. The van der Waals surface area contributed by atoms with Crippen LogP contribution in [-0.2, 0) is 6.42 Å². The zero-order chi connectivity index (χ0) is 13.7. The van der Waals surface area contributed by atoms with E-state index < -0.39 is 0 Å². The highest BCUT2D eigenvalue weighted by atomic mass is 16.5. The molecule has 19 heavy (non-hydrogen) atoms. The van der Waals surface area contributed by atoms with Gasteiger partial charge in [0.05, 0.1) is 0 Å². The summed E-state index contributed by atoms with van der Waals surface area (Å²) >= 11 is 0. The van der Waals surface area contributed by atoms with Crippen molar-refractivity contribution in [3.63, 3.8) is 0 Å². The van der Waals surface area contributed by atoms with E-state index >= 15 is 0 Å². The lowest BCUT2D eigenvalue weighted by Crippen LogP contribution is -2.27. The number of pyridine rings is 1. The molecule has 2 heterocycles. The van der Waals surface area contributed by atoms with Gasteiger partial charge in [0.15, 0.2) is 5.82 Å². The van der Waals surface area contributed by atoms with Gasteiger partial charge in [0.2, 0.25) is 5.89 Å². The van der Waals surface area contributed by atoms with Gasteiger partial charge >= 0.3 is 0 Å². The van der Waals surface area contributed by atoms with E-state index in [1.807, 2.05) is 0 Å². The van der Waals surface area contributed by atoms with E-state index in [0.717, 1.165) is 0 Å². The van der Waals surface area contributed by atoms with Crippen LogP contribution in [0.5, 0.6) is 0 Å². The van der Waals surface area contributed by atoms with Crippen LogP contribution < -0.4 is 16.6 Å². The molecule has 4 N–H and O–H groups in total. The molecular weight excluding hydrogens is 248 g/mol. The summed E-state index contributed by atoms with van der Waals surface area (Å²) in [6.45, 7) is 2.13. The molecule has 2 aromatic rings. The van der Waals surface area contributed by atoms with Gasteiger partial charge in [0.25, 0.3) is 5.91 Å². The van der Waals surface area contributed by atoms with Gasteiger partial charge in [-0.25, -0.2) is 10.8 Å². The van der Waals surface area contributed by atoms with Crippen molar-refractivity contribution in [3.05, 3.63) is 35.6 Å². The van der Waals surface area contributed by atoms with E-state index in [1.165, 1.54) is 0 Å². The molecule has 1 amide bonds. The Hall–Kier alpha value is -2.48. The van der Waals surface area contributed by atoms with Gasteiger partial charge in [0, 0.05) is 13.0 Å². The first kappa shape index (κ1) is 13.0. The minimum Gasteiger partial charge on any atom is -0.350 e. The minimum atomic E-state index is -0.284. The molecule has 0 saturated heterocycles. The van der Waals surface area contributed by atoms with Crippen molar-refractivity contribution in [1.82, 2.24) is 20.4 Å². The number of rotatable bonds is 5. The van der Waals surface area contributed by atoms with Gasteiger partial charge in [0.1, 0.15) is 11.5 Å². The van der Waals surface area contributed by atoms with Crippen LogP contribution in [0, 0.1) is 6.92 Å². The van der Waals surface area contributed by atoms with E-state index in [2.05, 4.69) is 25.9 Å². The van der Waals surface area contributed by atoms with Crippen LogP contribution in [0.4, 0.5) is 5.82 Å². The zero-order valence-electron chi connectivity index (χ0n) is 10.4. The van der Waals surface area contributed by atoms with Crippen LogP contribution in [-0.4, -0.2) is 27.6 Å². The lowest BCUT2D eigenvalue weighted by molar-refractivity contribution is 0.0948. The number of nitrogen functional groups attached to an aromatic ring is 1. The number of hydrogen-bond donors (Lipinski definition) is 3. The molecule has 0 aromatic carbocycles. The summed E-state index contributed by atoms with van der Waals surface area (Å²) < 4.78 is 4.93. The van der Waals surface area contributed by atoms with Gasteiger partial charge in [-0.1, -0.05) is 11.2 Å². The van der Waals surface area contributed by atoms with E-state index in [4.69, 9.17) is 10.4 Å².